The number of hydrogen-bond acceptors (Lipinski definition) is 5. The Bertz CT molecular complexity index is 1410. The van der Waals surface area contributed by atoms with Gasteiger partial charge in [-0.3, -0.25) is 14.4 Å². The van der Waals surface area contributed by atoms with E-state index in [0.29, 0.717) is 19.5 Å². The molecule has 1 spiro atoms. The Hall–Kier alpha value is -3.75. The Morgan fingerprint density at radius 2 is 1.70 bits per heavy atom. The van der Waals surface area contributed by atoms with E-state index in [4.69, 9.17) is 4.74 Å². The summed E-state index contributed by atoms with van der Waals surface area (Å²) in [4.78, 5) is 48.5. The second kappa shape index (κ2) is 11.7. The van der Waals surface area contributed by atoms with Crippen LogP contribution in [0.5, 0.6) is 0 Å². The maximum Gasteiger partial charge on any atom is 0.253 e. The van der Waals surface area contributed by atoms with Crippen LogP contribution in [0.3, 0.4) is 0 Å². The number of carbonyl (C=O) groups excluding carboxylic acids is 3. The molecule has 3 unspecified atom stereocenters. The van der Waals surface area contributed by atoms with Gasteiger partial charge in [-0.05, 0) is 49.8 Å². The predicted octanol–water partition coefficient (Wildman–Crippen LogP) is 4.04. The third kappa shape index (κ3) is 4.81. The maximum atomic E-state index is 14.8. The molecule has 5 rings (SSSR count). The van der Waals surface area contributed by atoms with E-state index < -0.39 is 29.1 Å². The predicted molar refractivity (Wildman–Crippen MR) is 166 cm³/mol. The second-order valence-corrected chi connectivity index (χ2v) is 12.4. The first kappa shape index (κ1) is 30.7. The molecular formula is C35H43N3O5. The Kier molecular flexibility index (Phi) is 8.38. The number of aliphatic hydroxyl groups is 1. The summed E-state index contributed by atoms with van der Waals surface area (Å²) in [5.41, 5.74) is 1.43. The lowest BCUT2D eigenvalue weighted by Crippen LogP contribution is -2.57. The van der Waals surface area contributed by atoms with Crippen molar-refractivity contribution in [2.75, 3.05) is 31.1 Å². The maximum absolute atomic E-state index is 14.8. The number of aryl methyl sites for hydroxylation is 2. The number of β-amino-alcohol motifs (C(OH)–C–C–N with tert-alkyl or cyclic N) is 1. The van der Waals surface area contributed by atoms with E-state index in [2.05, 4.69) is 13.2 Å². The number of hydrogen-bond donors (Lipinski definition) is 1. The molecule has 3 aliphatic rings. The highest BCUT2D eigenvalue weighted by atomic mass is 16.5. The van der Waals surface area contributed by atoms with Crippen LogP contribution in [0.4, 0.5) is 5.69 Å². The average Bonchev–Trinajstić information content (AvgIpc) is 3.48. The molecule has 8 heteroatoms. The summed E-state index contributed by atoms with van der Waals surface area (Å²) in [6, 6.07) is 14.6. The molecule has 0 aliphatic carbocycles. The van der Waals surface area contributed by atoms with Crippen molar-refractivity contribution in [1.82, 2.24) is 9.80 Å². The highest BCUT2D eigenvalue weighted by molar-refractivity contribution is 6.05. The van der Waals surface area contributed by atoms with E-state index in [1.54, 1.807) is 22.0 Å². The molecule has 2 aromatic rings. The molecule has 43 heavy (non-hydrogen) atoms. The molecule has 0 aromatic heterocycles. The molecule has 3 saturated heterocycles. The molecule has 8 nitrogen and oxygen atoms in total. The summed E-state index contributed by atoms with van der Waals surface area (Å²) in [6.07, 6.45) is 3.82. The Morgan fingerprint density at radius 3 is 2.30 bits per heavy atom. The van der Waals surface area contributed by atoms with Crippen molar-refractivity contribution in [2.24, 2.45) is 17.8 Å². The van der Waals surface area contributed by atoms with E-state index in [-0.39, 0.29) is 43.3 Å². The summed E-state index contributed by atoms with van der Waals surface area (Å²) in [6.45, 7) is 16.2. The molecular weight excluding hydrogens is 542 g/mol. The standard InChI is InChI=1S/C35H43N3O5/c1-7-17-36(22-26-15-10-9-11-16-26)31(40)27-28-32(41)38(19-20-39)30(35(28)21-25(5)34(27,6)43-35)33(42)37(18-8-2)29-23(3)13-12-14-24(29)4/h7-16,25,27-28,30,39H,1-2,17-22H2,3-6H3/t25?,27-,28-,30?,34+,35?/m0/s1. The van der Waals surface area contributed by atoms with Gasteiger partial charge in [0, 0.05) is 31.9 Å². The lowest BCUT2D eigenvalue weighted by atomic mass is 9.62. The summed E-state index contributed by atoms with van der Waals surface area (Å²) >= 11 is 0. The van der Waals surface area contributed by atoms with Crippen molar-refractivity contribution >= 4 is 23.4 Å². The zero-order chi connectivity index (χ0) is 31.1. The number of nitrogens with zero attached hydrogens (tertiary/aromatic N) is 3. The van der Waals surface area contributed by atoms with Crippen LogP contribution < -0.4 is 4.90 Å². The van der Waals surface area contributed by atoms with Crippen LogP contribution in [-0.4, -0.2) is 76.1 Å². The lowest BCUT2D eigenvalue weighted by molar-refractivity contribution is -0.152. The quantitative estimate of drug-likeness (QED) is 0.402. The summed E-state index contributed by atoms with van der Waals surface area (Å²) in [5, 5.41) is 10.1. The molecule has 2 bridgehead atoms. The van der Waals surface area contributed by atoms with Crippen molar-refractivity contribution in [1.29, 1.82) is 0 Å². The first-order chi connectivity index (χ1) is 20.5. The molecule has 0 saturated carbocycles. The fourth-order valence-electron chi connectivity index (χ4n) is 7.93. The van der Waals surface area contributed by atoms with Gasteiger partial charge in [0.05, 0.1) is 24.0 Å². The van der Waals surface area contributed by atoms with Crippen molar-refractivity contribution in [2.45, 2.75) is 57.9 Å². The number of carbonyl (C=O) groups is 3. The lowest BCUT2D eigenvalue weighted by Gasteiger charge is -2.39. The van der Waals surface area contributed by atoms with Crippen LogP contribution in [0.2, 0.25) is 0 Å². The highest BCUT2D eigenvalue weighted by Gasteiger charge is 2.80. The topological polar surface area (TPSA) is 90.4 Å². The Labute approximate surface area is 254 Å². The van der Waals surface area contributed by atoms with E-state index in [9.17, 15) is 19.5 Å². The summed E-state index contributed by atoms with van der Waals surface area (Å²) in [7, 11) is 0. The zero-order valence-electron chi connectivity index (χ0n) is 25.7. The molecule has 0 radical (unpaired) electrons. The molecule has 228 valence electrons. The monoisotopic (exact) mass is 585 g/mol. The van der Waals surface area contributed by atoms with Gasteiger partial charge in [-0.2, -0.15) is 0 Å². The van der Waals surface area contributed by atoms with Crippen molar-refractivity contribution in [3.8, 4) is 0 Å². The summed E-state index contributed by atoms with van der Waals surface area (Å²) < 4.78 is 6.91. The minimum atomic E-state index is -1.21. The van der Waals surface area contributed by atoms with Crippen LogP contribution in [0.1, 0.15) is 37.0 Å². The number of para-hydroxylation sites is 1. The van der Waals surface area contributed by atoms with Gasteiger partial charge < -0.3 is 24.5 Å². The van der Waals surface area contributed by atoms with E-state index in [1.807, 2.05) is 76.2 Å². The second-order valence-electron chi connectivity index (χ2n) is 12.4. The molecule has 3 fully saturated rings. The summed E-state index contributed by atoms with van der Waals surface area (Å²) in [5.74, 6) is -2.54. The van der Waals surface area contributed by atoms with Crippen LogP contribution >= 0.6 is 0 Å². The molecule has 6 atom stereocenters. The van der Waals surface area contributed by atoms with Gasteiger partial charge in [0.15, 0.2) is 0 Å². The molecule has 1 N–H and O–H groups in total. The number of fused-ring (bicyclic) bond motifs is 1. The van der Waals surface area contributed by atoms with E-state index in [0.717, 1.165) is 22.4 Å². The van der Waals surface area contributed by atoms with Gasteiger partial charge in [0.1, 0.15) is 11.6 Å². The fraction of sp³-hybridized carbons (Fsp3) is 0.457. The van der Waals surface area contributed by atoms with Gasteiger partial charge in [-0.25, -0.2) is 0 Å². The number of ether oxygens (including phenoxy) is 1. The smallest absolute Gasteiger partial charge is 0.253 e. The van der Waals surface area contributed by atoms with Crippen molar-refractivity contribution in [3.05, 3.63) is 90.5 Å². The average molecular weight is 586 g/mol. The van der Waals surface area contributed by atoms with Gasteiger partial charge >= 0.3 is 0 Å². The van der Waals surface area contributed by atoms with Crippen molar-refractivity contribution < 1.29 is 24.2 Å². The zero-order valence-corrected chi connectivity index (χ0v) is 25.7. The van der Waals surface area contributed by atoms with E-state index in [1.165, 1.54) is 4.90 Å². The van der Waals surface area contributed by atoms with Gasteiger partial charge in [0.2, 0.25) is 11.8 Å². The van der Waals surface area contributed by atoms with Crippen molar-refractivity contribution in [3.63, 3.8) is 0 Å². The number of anilines is 1. The number of amides is 3. The SMILES string of the molecule is C=CCN(Cc1ccccc1)C(=O)[C@@H]1[C@H]2C(=O)N(CCO)C(C(=O)N(CC=C)c3c(C)cccc3C)C23CC(C)[C@@]1(C)O3. The third-order valence-electron chi connectivity index (χ3n) is 9.82. The fourth-order valence-corrected chi connectivity index (χ4v) is 7.93. The molecule has 3 aliphatic heterocycles. The highest BCUT2D eigenvalue weighted by Crippen LogP contribution is 2.65. The number of benzene rings is 2. The molecule has 3 heterocycles. The molecule has 2 aromatic carbocycles. The first-order valence-corrected chi connectivity index (χ1v) is 15.1. The van der Waals surface area contributed by atoms with Crippen LogP contribution in [0, 0.1) is 31.6 Å². The van der Waals surface area contributed by atoms with Gasteiger partial charge in [-0.15, -0.1) is 13.2 Å². The Balaban J connectivity index is 1.60. The van der Waals surface area contributed by atoms with Gasteiger partial charge in [-0.1, -0.05) is 67.6 Å². The largest absolute Gasteiger partial charge is 0.395 e. The van der Waals surface area contributed by atoms with Crippen LogP contribution in [0.25, 0.3) is 0 Å². The number of aliphatic hydroxyl groups excluding tert-OH is 1. The van der Waals surface area contributed by atoms with Crippen LogP contribution in [0.15, 0.2) is 73.8 Å². The minimum Gasteiger partial charge on any atom is -0.395 e. The van der Waals surface area contributed by atoms with E-state index >= 15 is 0 Å². The minimum absolute atomic E-state index is 0.0298. The number of rotatable bonds is 11. The third-order valence-corrected chi connectivity index (χ3v) is 9.82. The molecule has 3 amide bonds. The van der Waals surface area contributed by atoms with Gasteiger partial charge in [0.25, 0.3) is 5.91 Å². The first-order valence-electron chi connectivity index (χ1n) is 15.1. The number of likely N-dealkylation sites (tertiary alicyclic amines) is 1. The normalized spacial score (nSPS) is 29.0. The van der Waals surface area contributed by atoms with Crippen LogP contribution in [-0.2, 0) is 25.7 Å². The Morgan fingerprint density at radius 1 is 1.05 bits per heavy atom.